The molecule has 23 heavy (non-hydrogen) atoms. The molecule has 0 saturated heterocycles. The summed E-state index contributed by atoms with van der Waals surface area (Å²) in [5.41, 5.74) is 3.54. The summed E-state index contributed by atoms with van der Waals surface area (Å²) < 4.78 is 10.6. The lowest BCUT2D eigenvalue weighted by Crippen LogP contribution is -2.16. The predicted octanol–water partition coefficient (Wildman–Crippen LogP) is 3.56. The third kappa shape index (κ3) is 2.69. The highest BCUT2D eigenvalue weighted by Gasteiger charge is 2.22. The highest BCUT2D eigenvalue weighted by Crippen LogP contribution is 2.37. The predicted molar refractivity (Wildman–Crippen MR) is 86.1 cm³/mol. The summed E-state index contributed by atoms with van der Waals surface area (Å²) in [6, 6.07) is 14.8. The molecule has 3 rings (SSSR count). The van der Waals surface area contributed by atoms with Crippen LogP contribution in [-0.4, -0.2) is 19.2 Å². The molecule has 0 saturated carbocycles. The zero-order valence-electron chi connectivity index (χ0n) is 12.9. The number of benzene rings is 2. The van der Waals surface area contributed by atoms with E-state index in [-0.39, 0.29) is 6.10 Å². The number of ether oxygens (including phenoxy) is 2. The normalized spacial score (nSPS) is 15.7. The van der Waals surface area contributed by atoms with Crippen LogP contribution in [0.15, 0.2) is 48.5 Å². The Morgan fingerprint density at radius 3 is 2.74 bits per heavy atom. The largest absolute Gasteiger partial charge is 0.486 e. The van der Waals surface area contributed by atoms with E-state index in [4.69, 9.17) is 9.47 Å². The van der Waals surface area contributed by atoms with Gasteiger partial charge in [-0.3, -0.25) is 0 Å². The van der Waals surface area contributed by atoms with Crippen molar-refractivity contribution in [3.8, 4) is 11.8 Å². The van der Waals surface area contributed by atoms with Gasteiger partial charge in [-0.25, -0.2) is 4.79 Å². The first-order chi connectivity index (χ1) is 11.1. The van der Waals surface area contributed by atoms with Gasteiger partial charge in [0.1, 0.15) is 11.9 Å². The summed E-state index contributed by atoms with van der Waals surface area (Å²) in [6.45, 7) is 1.94. The fourth-order valence-corrected chi connectivity index (χ4v) is 2.70. The second kappa shape index (κ2) is 5.98. The van der Waals surface area contributed by atoms with Gasteiger partial charge >= 0.3 is 5.97 Å². The molecule has 0 amide bonds. The van der Waals surface area contributed by atoms with Crippen molar-refractivity contribution in [3.63, 3.8) is 0 Å². The lowest BCUT2D eigenvalue weighted by atomic mass is 9.90. The molecule has 1 aliphatic rings. The van der Waals surface area contributed by atoms with Gasteiger partial charge in [0.05, 0.1) is 24.3 Å². The molecule has 1 unspecified atom stereocenters. The Morgan fingerprint density at radius 1 is 1.22 bits per heavy atom. The molecule has 1 atom stereocenters. The maximum Gasteiger partial charge on any atom is 0.337 e. The van der Waals surface area contributed by atoms with Crippen LogP contribution in [0.4, 0.5) is 0 Å². The summed E-state index contributed by atoms with van der Waals surface area (Å²) in [5.74, 6) is 0.287. The van der Waals surface area contributed by atoms with Crippen LogP contribution < -0.4 is 4.74 Å². The molecule has 114 valence electrons. The Bertz CT molecular complexity index is 846. The maximum atomic E-state index is 11.8. The molecule has 1 aliphatic heterocycles. The minimum absolute atomic E-state index is 0.117. The molecule has 0 aromatic heterocycles. The minimum atomic E-state index is -0.403. The van der Waals surface area contributed by atoms with Crippen LogP contribution in [0.1, 0.15) is 34.0 Å². The Balaban J connectivity index is 2.19. The summed E-state index contributed by atoms with van der Waals surface area (Å²) >= 11 is 0. The van der Waals surface area contributed by atoms with E-state index in [0.29, 0.717) is 16.9 Å². The first-order valence-corrected chi connectivity index (χ1v) is 7.24. The van der Waals surface area contributed by atoms with Gasteiger partial charge in [-0.05, 0) is 48.4 Å². The van der Waals surface area contributed by atoms with E-state index < -0.39 is 5.97 Å². The average Bonchev–Trinajstić information content (AvgIpc) is 2.59. The molecule has 1 heterocycles. The molecule has 0 spiro atoms. The highest BCUT2D eigenvalue weighted by atomic mass is 16.5. The quantitative estimate of drug-likeness (QED) is 0.796. The molecule has 0 radical (unpaired) electrons. The van der Waals surface area contributed by atoms with Crippen LogP contribution in [0, 0.1) is 11.3 Å². The van der Waals surface area contributed by atoms with Crippen LogP contribution in [0.25, 0.3) is 5.57 Å². The summed E-state index contributed by atoms with van der Waals surface area (Å²) in [7, 11) is 1.35. The first kappa shape index (κ1) is 14.9. The molecule has 0 bridgehead atoms. The number of esters is 1. The fraction of sp³-hybridized carbons (Fsp3) is 0.158. The van der Waals surface area contributed by atoms with Crippen molar-refractivity contribution >= 4 is 11.5 Å². The maximum absolute atomic E-state index is 11.8. The van der Waals surface area contributed by atoms with E-state index in [0.717, 1.165) is 16.7 Å². The zero-order chi connectivity index (χ0) is 16.4. The van der Waals surface area contributed by atoms with Crippen molar-refractivity contribution in [2.45, 2.75) is 13.0 Å². The Hall–Kier alpha value is -3.06. The number of methoxy groups -OCH3 is 1. The summed E-state index contributed by atoms with van der Waals surface area (Å²) in [4.78, 5) is 11.8. The lowest BCUT2D eigenvalue weighted by molar-refractivity contribution is 0.0600. The number of hydrogen-bond donors (Lipinski definition) is 0. The van der Waals surface area contributed by atoms with Gasteiger partial charge in [0, 0.05) is 5.56 Å². The third-order valence-corrected chi connectivity index (χ3v) is 3.74. The smallest absolute Gasteiger partial charge is 0.337 e. The highest BCUT2D eigenvalue weighted by molar-refractivity contribution is 5.93. The van der Waals surface area contributed by atoms with E-state index in [1.54, 1.807) is 24.3 Å². The van der Waals surface area contributed by atoms with E-state index in [1.165, 1.54) is 7.11 Å². The molecule has 0 N–H and O–H groups in total. The van der Waals surface area contributed by atoms with Crippen LogP contribution in [0.5, 0.6) is 5.75 Å². The lowest BCUT2D eigenvalue weighted by Gasteiger charge is -2.24. The van der Waals surface area contributed by atoms with E-state index >= 15 is 0 Å². The molecule has 2 aromatic rings. The Morgan fingerprint density at radius 2 is 2.00 bits per heavy atom. The number of nitrogens with zero attached hydrogens (tertiary/aromatic N) is 1. The third-order valence-electron chi connectivity index (χ3n) is 3.74. The van der Waals surface area contributed by atoms with Crippen molar-refractivity contribution in [1.82, 2.24) is 0 Å². The monoisotopic (exact) mass is 305 g/mol. The van der Waals surface area contributed by atoms with Crippen LogP contribution >= 0.6 is 0 Å². The number of rotatable bonds is 2. The van der Waals surface area contributed by atoms with Crippen molar-refractivity contribution < 1.29 is 14.3 Å². The number of carbonyl (C=O) groups excluding carboxylic acids is 1. The summed E-state index contributed by atoms with van der Waals surface area (Å²) in [6.07, 6.45) is 1.84. The van der Waals surface area contributed by atoms with Crippen LogP contribution in [0.3, 0.4) is 0 Å². The molecular weight excluding hydrogens is 290 g/mol. The standard InChI is InChI=1S/C19H15NO3/c1-12-9-16(15-6-4-3-5-14(15)11-20)17-10-13(19(21)22-2)7-8-18(17)23-12/h3-10,12H,1-2H3. The second-order valence-electron chi connectivity index (χ2n) is 5.26. The van der Waals surface area contributed by atoms with Gasteiger partial charge in [-0.2, -0.15) is 5.26 Å². The van der Waals surface area contributed by atoms with Crippen molar-refractivity contribution in [2.75, 3.05) is 7.11 Å². The topological polar surface area (TPSA) is 59.3 Å². The van der Waals surface area contributed by atoms with E-state index in [2.05, 4.69) is 6.07 Å². The Kier molecular flexibility index (Phi) is 3.86. The van der Waals surface area contributed by atoms with Crippen molar-refractivity contribution in [2.24, 2.45) is 0 Å². The fourth-order valence-electron chi connectivity index (χ4n) is 2.70. The number of carbonyl (C=O) groups is 1. The summed E-state index contributed by atoms with van der Waals surface area (Å²) in [5, 5.41) is 9.36. The average molecular weight is 305 g/mol. The molecule has 4 heteroatoms. The molecule has 0 fully saturated rings. The molecule has 2 aromatic carbocycles. The van der Waals surface area contributed by atoms with E-state index in [9.17, 15) is 10.1 Å². The van der Waals surface area contributed by atoms with Gasteiger partial charge in [0.15, 0.2) is 0 Å². The first-order valence-electron chi connectivity index (χ1n) is 7.24. The number of hydrogen-bond acceptors (Lipinski definition) is 4. The number of nitriles is 1. The Labute approximate surface area is 134 Å². The molecule has 0 aliphatic carbocycles. The van der Waals surface area contributed by atoms with Crippen LogP contribution in [-0.2, 0) is 4.74 Å². The van der Waals surface area contributed by atoms with Gasteiger partial charge in [-0.15, -0.1) is 0 Å². The van der Waals surface area contributed by atoms with Gasteiger partial charge < -0.3 is 9.47 Å². The van der Waals surface area contributed by atoms with E-state index in [1.807, 2.05) is 31.2 Å². The van der Waals surface area contributed by atoms with Gasteiger partial charge in [-0.1, -0.05) is 18.2 Å². The van der Waals surface area contributed by atoms with Crippen molar-refractivity contribution in [1.29, 1.82) is 5.26 Å². The zero-order valence-corrected chi connectivity index (χ0v) is 12.9. The van der Waals surface area contributed by atoms with Gasteiger partial charge in [0.2, 0.25) is 0 Å². The SMILES string of the molecule is COC(=O)c1ccc2c(c1)C(c1ccccc1C#N)=CC(C)O2. The molecular formula is C19H15NO3. The number of fused-ring (bicyclic) bond motifs is 1. The van der Waals surface area contributed by atoms with Gasteiger partial charge in [0.25, 0.3) is 0 Å². The van der Waals surface area contributed by atoms with Crippen molar-refractivity contribution in [3.05, 3.63) is 70.8 Å². The molecule has 4 nitrogen and oxygen atoms in total. The second-order valence-corrected chi connectivity index (χ2v) is 5.26. The van der Waals surface area contributed by atoms with Crippen LogP contribution in [0.2, 0.25) is 0 Å². The minimum Gasteiger partial charge on any atom is -0.486 e.